The average molecular weight is 553 g/mol. The minimum absolute atomic E-state index is 0.115. The lowest BCUT2D eigenvalue weighted by molar-refractivity contribution is 0.262. The predicted molar refractivity (Wildman–Crippen MR) is 145 cm³/mol. The summed E-state index contributed by atoms with van der Waals surface area (Å²) in [6, 6.07) is 28.5. The third kappa shape index (κ3) is 8.36. The number of hydrogen-bond acceptors (Lipinski definition) is 7. The Labute approximate surface area is 221 Å². The van der Waals surface area contributed by atoms with Crippen LogP contribution in [0.25, 0.3) is 0 Å². The Kier molecular flexibility index (Phi) is 8.29. The summed E-state index contributed by atoms with van der Waals surface area (Å²) in [6.45, 7) is 0. The van der Waals surface area contributed by atoms with Crippen LogP contribution >= 0.6 is 0 Å². The molecule has 0 unspecified atom stereocenters. The van der Waals surface area contributed by atoms with Gasteiger partial charge in [0.25, 0.3) is 0 Å². The van der Waals surface area contributed by atoms with Crippen LogP contribution in [0.3, 0.4) is 0 Å². The molecule has 0 bridgehead atoms. The summed E-state index contributed by atoms with van der Waals surface area (Å²) < 4.78 is 59.4. The van der Waals surface area contributed by atoms with Gasteiger partial charge in [-0.05, 0) is 59.7 Å². The molecule has 0 radical (unpaired) electrons. The molecule has 4 aromatic rings. The molecule has 4 aromatic carbocycles. The van der Waals surface area contributed by atoms with Crippen LogP contribution in [0.4, 0.5) is 16.2 Å². The highest BCUT2D eigenvalue weighted by Crippen LogP contribution is 2.21. The van der Waals surface area contributed by atoms with E-state index >= 15 is 0 Å². The first-order valence-corrected chi connectivity index (χ1v) is 14.5. The third-order valence-electron chi connectivity index (χ3n) is 5.04. The third-order valence-corrected chi connectivity index (χ3v) is 7.31. The van der Waals surface area contributed by atoms with Gasteiger partial charge in [0.1, 0.15) is 23.0 Å². The smallest absolute Gasteiger partial charge is 0.323 e. The van der Waals surface area contributed by atoms with E-state index in [4.69, 9.17) is 8.37 Å². The van der Waals surface area contributed by atoms with E-state index in [9.17, 15) is 21.6 Å². The lowest BCUT2D eigenvalue weighted by atomic mass is 10.2. The zero-order valence-corrected chi connectivity index (χ0v) is 21.6. The van der Waals surface area contributed by atoms with Crippen molar-refractivity contribution >= 4 is 37.6 Å². The summed E-state index contributed by atoms with van der Waals surface area (Å²) in [5, 5.41) is 5.24. The lowest BCUT2D eigenvalue weighted by Gasteiger charge is -2.11. The molecule has 0 aliphatic rings. The van der Waals surface area contributed by atoms with Crippen molar-refractivity contribution in [1.29, 1.82) is 0 Å². The van der Waals surface area contributed by atoms with Crippen LogP contribution in [0.1, 0.15) is 11.1 Å². The Balaban J connectivity index is 1.27. The van der Waals surface area contributed by atoms with Gasteiger partial charge in [-0.25, -0.2) is 4.79 Å². The maximum atomic E-state index is 12.3. The first kappa shape index (κ1) is 26.7. The highest BCUT2D eigenvalue weighted by Gasteiger charge is 2.15. The normalized spacial score (nSPS) is 11.4. The van der Waals surface area contributed by atoms with Gasteiger partial charge < -0.3 is 19.0 Å². The molecular weight excluding hydrogens is 528 g/mol. The zero-order valence-electron chi connectivity index (χ0n) is 20.0. The molecule has 0 aliphatic carbocycles. The van der Waals surface area contributed by atoms with Crippen LogP contribution in [0.5, 0.6) is 11.5 Å². The van der Waals surface area contributed by atoms with E-state index in [0.717, 1.165) is 0 Å². The van der Waals surface area contributed by atoms with E-state index in [2.05, 4.69) is 10.6 Å². The lowest BCUT2D eigenvalue weighted by Crippen LogP contribution is -2.19. The number of anilines is 2. The van der Waals surface area contributed by atoms with Crippen LogP contribution in [0, 0.1) is 0 Å². The van der Waals surface area contributed by atoms with E-state index in [-0.39, 0.29) is 23.0 Å². The van der Waals surface area contributed by atoms with Crippen LogP contribution in [0.2, 0.25) is 0 Å². The van der Waals surface area contributed by atoms with Crippen LogP contribution in [-0.2, 0) is 31.7 Å². The summed E-state index contributed by atoms with van der Waals surface area (Å²) in [6.07, 6.45) is 0. The van der Waals surface area contributed by atoms with E-state index in [1.807, 2.05) is 0 Å². The van der Waals surface area contributed by atoms with Crippen LogP contribution in [0.15, 0.2) is 109 Å². The molecule has 0 aliphatic heterocycles. The Bertz CT molecular complexity index is 1450. The number of nitrogens with one attached hydrogen (secondary N) is 2. The van der Waals surface area contributed by atoms with Crippen molar-refractivity contribution in [2.45, 2.75) is 11.5 Å². The molecule has 4 rings (SSSR count). The van der Waals surface area contributed by atoms with Crippen molar-refractivity contribution in [3.8, 4) is 11.5 Å². The second-order valence-corrected chi connectivity index (χ2v) is 11.3. The molecule has 0 atom stereocenters. The summed E-state index contributed by atoms with van der Waals surface area (Å²) in [5.41, 5.74) is 2.02. The first-order valence-electron chi connectivity index (χ1n) is 11.4. The molecule has 0 heterocycles. The fourth-order valence-electron chi connectivity index (χ4n) is 3.39. The number of carbonyl (C=O) groups is 1. The van der Waals surface area contributed by atoms with Crippen molar-refractivity contribution in [3.63, 3.8) is 0 Å². The van der Waals surface area contributed by atoms with Gasteiger partial charge in [0.05, 0.1) is 0 Å². The van der Waals surface area contributed by atoms with E-state index in [1.165, 1.54) is 48.5 Å². The molecule has 0 aromatic heterocycles. The quantitative estimate of drug-likeness (QED) is 0.261. The number of urea groups is 1. The SMILES string of the molecule is O=C(Nc1ccc(OS(=O)(=O)Cc2ccccc2)cc1)Nc1ccc(OS(=O)(=O)Cc2ccccc2)cc1. The van der Waals surface area contributed by atoms with Crippen molar-refractivity contribution < 1.29 is 30.0 Å². The van der Waals surface area contributed by atoms with Crippen molar-refractivity contribution in [2.75, 3.05) is 10.6 Å². The Morgan fingerprint density at radius 2 is 0.868 bits per heavy atom. The van der Waals surface area contributed by atoms with Crippen molar-refractivity contribution in [3.05, 3.63) is 120 Å². The van der Waals surface area contributed by atoms with Crippen molar-refractivity contribution in [2.24, 2.45) is 0 Å². The van der Waals surface area contributed by atoms with Crippen LogP contribution < -0.4 is 19.0 Å². The van der Waals surface area contributed by atoms with Gasteiger partial charge in [-0.15, -0.1) is 0 Å². The second-order valence-electron chi connectivity index (χ2n) is 8.17. The number of hydrogen-bond donors (Lipinski definition) is 2. The minimum Gasteiger partial charge on any atom is -0.382 e. The summed E-state index contributed by atoms with van der Waals surface area (Å²) >= 11 is 0. The zero-order chi connectivity index (χ0) is 27.0. The number of benzene rings is 4. The monoisotopic (exact) mass is 552 g/mol. The largest absolute Gasteiger partial charge is 0.382 e. The molecule has 196 valence electrons. The highest BCUT2D eigenvalue weighted by molar-refractivity contribution is 7.86. The maximum absolute atomic E-state index is 12.3. The molecule has 0 saturated heterocycles. The van der Waals surface area contributed by atoms with E-state index < -0.39 is 26.3 Å². The molecule has 0 saturated carbocycles. The van der Waals surface area contributed by atoms with Gasteiger partial charge >= 0.3 is 26.3 Å². The van der Waals surface area contributed by atoms with Gasteiger partial charge in [-0.3, -0.25) is 0 Å². The maximum Gasteiger partial charge on any atom is 0.323 e. The van der Waals surface area contributed by atoms with Gasteiger partial charge in [0, 0.05) is 11.4 Å². The van der Waals surface area contributed by atoms with Gasteiger partial charge in [0.15, 0.2) is 0 Å². The van der Waals surface area contributed by atoms with Crippen LogP contribution in [-0.4, -0.2) is 22.9 Å². The number of rotatable bonds is 10. The van der Waals surface area contributed by atoms with E-state index in [0.29, 0.717) is 22.5 Å². The van der Waals surface area contributed by atoms with Crippen molar-refractivity contribution in [1.82, 2.24) is 0 Å². The summed E-state index contributed by atoms with van der Waals surface area (Å²) in [4.78, 5) is 12.3. The Morgan fingerprint density at radius 3 is 1.21 bits per heavy atom. The highest BCUT2D eigenvalue weighted by atomic mass is 32.2. The standard InChI is InChI=1S/C27H24N2O7S2/c30-27(28-23-11-15-25(16-12-23)35-37(31,32)19-21-7-3-1-4-8-21)29-24-13-17-26(18-14-24)36-38(33,34)20-22-9-5-2-6-10-22/h1-18H,19-20H2,(H2,28,29,30). The minimum atomic E-state index is -3.84. The topological polar surface area (TPSA) is 128 Å². The fourth-order valence-corrected chi connectivity index (χ4v) is 5.52. The summed E-state index contributed by atoms with van der Waals surface area (Å²) in [7, 11) is -7.69. The average Bonchev–Trinajstić information content (AvgIpc) is 2.87. The number of carbonyl (C=O) groups excluding carboxylic acids is 1. The van der Waals surface area contributed by atoms with Gasteiger partial charge in [-0.2, -0.15) is 16.8 Å². The molecule has 38 heavy (non-hydrogen) atoms. The fraction of sp³-hybridized carbons (Fsp3) is 0.0741. The molecule has 0 spiro atoms. The van der Waals surface area contributed by atoms with Gasteiger partial charge in [-0.1, -0.05) is 60.7 Å². The Hall–Kier alpha value is -4.35. The van der Waals surface area contributed by atoms with Gasteiger partial charge in [0.2, 0.25) is 0 Å². The molecule has 11 heteroatoms. The molecule has 2 N–H and O–H groups in total. The molecular formula is C27H24N2O7S2. The molecule has 0 fully saturated rings. The first-order chi connectivity index (χ1) is 18.2. The second kappa shape index (κ2) is 11.8. The predicted octanol–water partition coefficient (Wildman–Crippen LogP) is 5.15. The molecule has 9 nitrogen and oxygen atoms in total. The van der Waals surface area contributed by atoms with E-state index in [1.54, 1.807) is 60.7 Å². The Morgan fingerprint density at radius 1 is 0.526 bits per heavy atom. The molecule has 2 amide bonds. The summed E-state index contributed by atoms with van der Waals surface area (Å²) in [5.74, 6) is -0.299. The number of amides is 2.